The van der Waals surface area contributed by atoms with Crippen molar-refractivity contribution in [2.45, 2.75) is 45.8 Å². The quantitative estimate of drug-likeness (QED) is 0.352. The highest BCUT2D eigenvalue weighted by molar-refractivity contribution is 7.99. The lowest BCUT2D eigenvalue weighted by atomic mass is 10.1. The molecule has 0 saturated carbocycles. The van der Waals surface area contributed by atoms with E-state index in [1.165, 1.54) is 5.57 Å². The van der Waals surface area contributed by atoms with Crippen LogP contribution in [0.15, 0.2) is 23.8 Å². The molecule has 0 aromatic rings. The molecule has 0 aromatic carbocycles. The molecule has 1 unspecified atom stereocenters. The van der Waals surface area contributed by atoms with Gasteiger partial charge in [0.2, 0.25) is 0 Å². The Balaban J connectivity index is 3.71. The van der Waals surface area contributed by atoms with E-state index < -0.39 is 0 Å². The number of rotatable bonds is 11. The van der Waals surface area contributed by atoms with E-state index in [1.54, 1.807) is 0 Å². The van der Waals surface area contributed by atoms with Crippen molar-refractivity contribution in [1.82, 2.24) is 10.2 Å². The summed E-state index contributed by atoms with van der Waals surface area (Å²) in [5.41, 5.74) is 1.43. The molecule has 112 valence electrons. The van der Waals surface area contributed by atoms with Crippen molar-refractivity contribution in [2.75, 3.05) is 32.6 Å². The Hall–Kier alpha value is -0.250. The zero-order valence-electron chi connectivity index (χ0n) is 13.4. The normalized spacial score (nSPS) is 14.5. The van der Waals surface area contributed by atoms with Gasteiger partial charge >= 0.3 is 0 Å². The second kappa shape index (κ2) is 12.8. The molecular weight excluding hydrogens is 252 g/mol. The SMILES string of the molecule is C/C=C(\C=C/CCN(C)CC(C)SCNCC)CC. The van der Waals surface area contributed by atoms with Crippen LogP contribution in [0.2, 0.25) is 0 Å². The van der Waals surface area contributed by atoms with Gasteiger partial charge in [0.1, 0.15) is 0 Å². The molecule has 0 heterocycles. The molecule has 0 aliphatic heterocycles. The Bertz CT molecular complexity index is 261. The van der Waals surface area contributed by atoms with E-state index in [2.05, 4.69) is 63.2 Å². The van der Waals surface area contributed by atoms with Crippen LogP contribution >= 0.6 is 11.8 Å². The highest BCUT2D eigenvalue weighted by Crippen LogP contribution is 2.10. The number of nitrogens with one attached hydrogen (secondary N) is 1. The van der Waals surface area contributed by atoms with E-state index >= 15 is 0 Å². The minimum absolute atomic E-state index is 0.690. The number of hydrogen-bond donors (Lipinski definition) is 1. The van der Waals surface area contributed by atoms with E-state index in [1.807, 2.05) is 11.8 Å². The number of hydrogen-bond acceptors (Lipinski definition) is 3. The number of thioether (sulfide) groups is 1. The molecule has 0 rings (SSSR count). The summed E-state index contributed by atoms with van der Waals surface area (Å²) in [6, 6.07) is 0. The van der Waals surface area contributed by atoms with Crippen molar-refractivity contribution in [3.05, 3.63) is 23.8 Å². The summed E-state index contributed by atoms with van der Waals surface area (Å²) in [4.78, 5) is 2.43. The van der Waals surface area contributed by atoms with Crippen LogP contribution in [-0.4, -0.2) is 42.7 Å². The molecule has 0 amide bonds. The smallest absolute Gasteiger partial charge is 0.0420 e. The van der Waals surface area contributed by atoms with Crippen molar-refractivity contribution in [3.8, 4) is 0 Å². The van der Waals surface area contributed by atoms with Gasteiger partial charge in [0, 0.05) is 24.2 Å². The van der Waals surface area contributed by atoms with Crippen LogP contribution in [0.3, 0.4) is 0 Å². The van der Waals surface area contributed by atoms with Gasteiger partial charge in [0.15, 0.2) is 0 Å². The van der Waals surface area contributed by atoms with Gasteiger partial charge in [0.25, 0.3) is 0 Å². The van der Waals surface area contributed by atoms with Crippen molar-refractivity contribution >= 4 is 11.8 Å². The predicted octanol–water partition coefficient (Wildman–Crippen LogP) is 3.91. The van der Waals surface area contributed by atoms with Crippen molar-refractivity contribution in [3.63, 3.8) is 0 Å². The topological polar surface area (TPSA) is 15.3 Å². The molecule has 0 aliphatic carbocycles. The third-order valence-corrected chi connectivity index (χ3v) is 4.17. The molecule has 3 heteroatoms. The van der Waals surface area contributed by atoms with Crippen molar-refractivity contribution in [2.24, 2.45) is 0 Å². The zero-order chi connectivity index (χ0) is 14.5. The Kier molecular flexibility index (Phi) is 12.6. The standard InChI is InChI=1S/C16H32N2S/c1-6-16(7-2)11-9-10-12-18(5)13-15(4)19-14-17-8-3/h6,9,11,15,17H,7-8,10,12-14H2,1-5H3/b11-9-,16-6-. The molecule has 1 atom stereocenters. The second-order valence-corrected chi connectivity index (χ2v) is 6.32. The first-order valence-corrected chi connectivity index (χ1v) is 8.51. The monoisotopic (exact) mass is 284 g/mol. The number of nitrogens with zero attached hydrogens (tertiary/aromatic N) is 1. The van der Waals surface area contributed by atoms with E-state index in [4.69, 9.17) is 0 Å². The summed E-state index contributed by atoms with van der Waals surface area (Å²) < 4.78 is 0. The van der Waals surface area contributed by atoms with Crippen LogP contribution in [-0.2, 0) is 0 Å². The average molecular weight is 285 g/mol. The Morgan fingerprint density at radius 3 is 2.68 bits per heavy atom. The lowest BCUT2D eigenvalue weighted by Gasteiger charge is -2.20. The van der Waals surface area contributed by atoms with Crippen LogP contribution in [0.25, 0.3) is 0 Å². The van der Waals surface area contributed by atoms with Crippen molar-refractivity contribution < 1.29 is 0 Å². The van der Waals surface area contributed by atoms with Crippen LogP contribution in [0.4, 0.5) is 0 Å². The first kappa shape index (κ1) is 18.8. The fourth-order valence-corrected chi connectivity index (χ4v) is 2.80. The Morgan fingerprint density at radius 1 is 1.37 bits per heavy atom. The molecule has 2 nitrogen and oxygen atoms in total. The predicted molar refractivity (Wildman–Crippen MR) is 90.9 cm³/mol. The third kappa shape index (κ3) is 11.3. The average Bonchev–Trinajstić information content (AvgIpc) is 2.39. The minimum Gasteiger partial charge on any atom is -0.308 e. The maximum atomic E-state index is 3.36. The van der Waals surface area contributed by atoms with E-state index in [0.717, 1.165) is 38.4 Å². The van der Waals surface area contributed by atoms with Gasteiger partial charge in [-0.25, -0.2) is 0 Å². The van der Waals surface area contributed by atoms with Crippen LogP contribution < -0.4 is 5.32 Å². The van der Waals surface area contributed by atoms with Gasteiger partial charge in [-0.05, 0) is 33.4 Å². The lowest BCUT2D eigenvalue weighted by Crippen LogP contribution is -2.27. The molecular formula is C16H32N2S. The molecule has 0 aromatic heterocycles. The van der Waals surface area contributed by atoms with Gasteiger partial charge in [-0.3, -0.25) is 0 Å². The molecule has 0 bridgehead atoms. The first-order valence-electron chi connectivity index (χ1n) is 7.46. The van der Waals surface area contributed by atoms with Crippen LogP contribution in [0, 0.1) is 0 Å². The summed E-state index contributed by atoms with van der Waals surface area (Å²) >= 11 is 2.00. The maximum absolute atomic E-state index is 3.36. The maximum Gasteiger partial charge on any atom is 0.0420 e. The molecule has 1 N–H and O–H groups in total. The molecule has 0 aliphatic rings. The van der Waals surface area contributed by atoms with Crippen LogP contribution in [0.5, 0.6) is 0 Å². The van der Waals surface area contributed by atoms with Crippen molar-refractivity contribution in [1.29, 1.82) is 0 Å². The van der Waals surface area contributed by atoms with Gasteiger partial charge in [-0.15, -0.1) is 11.8 Å². The summed E-state index contributed by atoms with van der Waals surface area (Å²) in [7, 11) is 2.22. The minimum atomic E-state index is 0.690. The van der Waals surface area contributed by atoms with Gasteiger partial charge in [-0.2, -0.15) is 0 Å². The molecule has 0 saturated heterocycles. The largest absolute Gasteiger partial charge is 0.308 e. The molecule has 0 spiro atoms. The molecule has 19 heavy (non-hydrogen) atoms. The highest BCUT2D eigenvalue weighted by Gasteiger charge is 2.05. The summed E-state index contributed by atoms with van der Waals surface area (Å²) in [6.07, 6.45) is 9.02. The Morgan fingerprint density at radius 2 is 2.11 bits per heavy atom. The summed E-state index contributed by atoms with van der Waals surface area (Å²) in [5.74, 6) is 1.06. The summed E-state index contributed by atoms with van der Waals surface area (Å²) in [6.45, 7) is 12.1. The zero-order valence-corrected chi connectivity index (χ0v) is 14.2. The van der Waals surface area contributed by atoms with E-state index in [9.17, 15) is 0 Å². The highest BCUT2D eigenvalue weighted by atomic mass is 32.2. The van der Waals surface area contributed by atoms with Crippen LogP contribution in [0.1, 0.15) is 40.5 Å². The first-order chi connectivity index (χ1) is 9.13. The Labute approximate surface area is 124 Å². The fourth-order valence-electron chi connectivity index (χ4n) is 1.83. The van der Waals surface area contributed by atoms with E-state index in [-0.39, 0.29) is 0 Å². The van der Waals surface area contributed by atoms with Gasteiger partial charge in [-0.1, -0.05) is 44.6 Å². The van der Waals surface area contributed by atoms with Gasteiger partial charge < -0.3 is 10.2 Å². The molecule has 0 fully saturated rings. The fraction of sp³-hybridized carbons (Fsp3) is 0.750. The summed E-state index contributed by atoms with van der Waals surface area (Å²) in [5, 5.41) is 4.05. The van der Waals surface area contributed by atoms with E-state index in [0.29, 0.717) is 5.25 Å². The second-order valence-electron chi connectivity index (χ2n) is 4.90. The third-order valence-electron chi connectivity index (χ3n) is 3.08. The molecule has 0 radical (unpaired) electrons. The lowest BCUT2D eigenvalue weighted by molar-refractivity contribution is 0.345. The van der Waals surface area contributed by atoms with Gasteiger partial charge in [0.05, 0.1) is 0 Å². The number of allylic oxidation sites excluding steroid dienone is 3.